The number of rotatable bonds is 7. The van der Waals surface area contributed by atoms with Crippen molar-refractivity contribution in [2.75, 3.05) is 6.61 Å². The van der Waals surface area contributed by atoms with Gasteiger partial charge in [-0.1, -0.05) is 48.5 Å². The lowest BCUT2D eigenvalue weighted by Gasteiger charge is -2.22. The van der Waals surface area contributed by atoms with Crippen LogP contribution in [0.1, 0.15) is 23.6 Å². The van der Waals surface area contributed by atoms with E-state index >= 15 is 0 Å². The molecule has 5 heteroatoms. The summed E-state index contributed by atoms with van der Waals surface area (Å²) >= 11 is 0. The molecule has 0 spiro atoms. The summed E-state index contributed by atoms with van der Waals surface area (Å²) in [5.41, 5.74) is 1.10. The Morgan fingerprint density at radius 3 is 2.25 bits per heavy atom. The number of hydrogen-bond donors (Lipinski definition) is 2. The van der Waals surface area contributed by atoms with Crippen LogP contribution in [0.15, 0.2) is 54.6 Å². The molecule has 0 radical (unpaired) electrons. The second-order valence-electron chi connectivity index (χ2n) is 6.04. The van der Waals surface area contributed by atoms with Gasteiger partial charge in [-0.05, 0) is 37.0 Å². The van der Waals surface area contributed by atoms with Crippen molar-refractivity contribution in [2.24, 2.45) is 0 Å². The summed E-state index contributed by atoms with van der Waals surface area (Å²) in [5.74, 6) is 0. The molecule has 2 aromatic rings. The SMILES string of the molecule is CC(Cc1cccc(C(F)(F)F)c1)N[C@@H](CO)Cc1ccccc1. The predicted octanol–water partition coefficient (Wildman–Crippen LogP) is 3.83. The number of hydrogen-bond acceptors (Lipinski definition) is 2. The molecule has 2 atom stereocenters. The average Bonchev–Trinajstić information content (AvgIpc) is 2.54. The maximum absolute atomic E-state index is 12.8. The van der Waals surface area contributed by atoms with Crippen molar-refractivity contribution in [1.29, 1.82) is 0 Å². The second-order valence-corrected chi connectivity index (χ2v) is 6.04. The Hall–Kier alpha value is -1.85. The first-order chi connectivity index (χ1) is 11.4. The molecule has 2 aromatic carbocycles. The van der Waals surface area contributed by atoms with Crippen LogP contribution in [0.5, 0.6) is 0 Å². The molecule has 2 nitrogen and oxygen atoms in total. The Morgan fingerprint density at radius 2 is 1.62 bits per heavy atom. The quantitative estimate of drug-likeness (QED) is 0.805. The van der Waals surface area contributed by atoms with Crippen molar-refractivity contribution in [3.05, 3.63) is 71.3 Å². The van der Waals surface area contributed by atoms with E-state index in [4.69, 9.17) is 0 Å². The molecule has 0 saturated heterocycles. The van der Waals surface area contributed by atoms with Crippen LogP contribution in [0.2, 0.25) is 0 Å². The van der Waals surface area contributed by atoms with Gasteiger partial charge in [0.25, 0.3) is 0 Å². The van der Waals surface area contributed by atoms with Crippen LogP contribution in [-0.2, 0) is 19.0 Å². The van der Waals surface area contributed by atoms with Crippen molar-refractivity contribution < 1.29 is 18.3 Å². The predicted molar refractivity (Wildman–Crippen MR) is 88.8 cm³/mol. The van der Waals surface area contributed by atoms with Gasteiger partial charge in [-0.15, -0.1) is 0 Å². The van der Waals surface area contributed by atoms with Crippen LogP contribution in [0.4, 0.5) is 13.2 Å². The molecule has 0 amide bonds. The molecule has 0 aliphatic rings. The minimum Gasteiger partial charge on any atom is -0.395 e. The Kier molecular flexibility index (Phi) is 6.40. The second kappa shape index (κ2) is 8.31. The topological polar surface area (TPSA) is 32.3 Å². The molecule has 0 fully saturated rings. The zero-order valence-electron chi connectivity index (χ0n) is 13.6. The van der Waals surface area contributed by atoms with Crippen LogP contribution < -0.4 is 5.32 Å². The van der Waals surface area contributed by atoms with Gasteiger partial charge in [0, 0.05) is 12.1 Å². The molecule has 0 aliphatic carbocycles. The summed E-state index contributed by atoms with van der Waals surface area (Å²) < 4.78 is 38.3. The number of nitrogens with one attached hydrogen (secondary N) is 1. The summed E-state index contributed by atoms with van der Waals surface area (Å²) in [5, 5.41) is 12.8. The van der Waals surface area contributed by atoms with Gasteiger partial charge in [-0.2, -0.15) is 13.2 Å². The molecule has 130 valence electrons. The van der Waals surface area contributed by atoms with E-state index in [0.29, 0.717) is 18.4 Å². The van der Waals surface area contributed by atoms with Crippen molar-refractivity contribution >= 4 is 0 Å². The monoisotopic (exact) mass is 337 g/mol. The van der Waals surface area contributed by atoms with E-state index < -0.39 is 11.7 Å². The largest absolute Gasteiger partial charge is 0.416 e. The highest BCUT2D eigenvalue weighted by Gasteiger charge is 2.30. The standard InChI is InChI=1S/C19H22F3NO/c1-14(10-16-8-5-9-17(11-16)19(20,21)22)23-18(13-24)12-15-6-3-2-4-7-15/h2-9,11,14,18,23-24H,10,12-13H2,1H3/t14?,18-/m1/s1. The van der Waals surface area contributed by atoms with E-state index in [0.717, 1.165) is 11.6 Å². The molecule has 2 N–H and O–H groups in total. The first kappa shape index (κ1) is 18.5. The van der Waals surface area contributed by atoms with Gasteiger partial charge >= 0.3 is 6.18 Å². The van der Waals surface area contributed by atoms with Crippen LogP contribution in [0.3, 0.4) is 0 Å². The van der Waals surface area contributed by atoms with Crippen LogP contribution in [0, 0.1) is 0 Å². The smallest absolute Gasteiger partial charge is 0.395 e. The van der Waals surface area contributed by atoms with Gasteiger partial charge in [0.05, 0.1) is 12.2 Å². The fourth-order valence-corrected chi connectivity index (χ4v) is 2.76. The molecule has 0 heterocycles. The van der Waals surface area contributed by atoms with Crippen LogP contribution >= 0.6 is 0 Å². The summed E-state index contributed by atoms with van der Waals surface area (Å²) in [7, 11) is 0. The minimum absolute atomic E-state index is 0.0260. The zero-order valence-corrected chi connectivity index (χ0v) is 13.6. The van der Waals surface area contributed by atoms with Gasteiger partial charge < -0.3 is 10.4 Å². The van der Waals surface area contributed by atoms with Crippen molar-refractivity contribution in [2.45, 2.75) is 38.0 Å². The lowest BCUT2D eigenvalue weighted by atomic mass is 10.0. The summed E-state index contributed by atoms with van der Waals surface area (Å²) in [6.45, 7) is 1.88. The van der Waals surface area contributed by atoms with E-state index in [-0.39, 0.29) is 18.7 Å². The number of aliphatic hydroxyl groups excluding tert-OH is 1. The average molecular weight is 337 g/mol. The normalized spacial score (nSPS) is 14.4. The summed E-state index contributed by atoms with van der Waals surface area (Å²) in [6, 6.07) is 15.0. The molecule has 0 bridgehead atoms. The van der Waals surface area contributed by atoms with E-state index in [9.17, 15) is 18.3 Å². The van der Waals surface area contributed by atoms with E-state index in [2.05, 4.69) is 5.32 Å². The van der Waals surface area contributed by atoms with Crippen molar-refractivity contribution in [1.82, 2.24) is 5.32 Å². The number of aliphatic hydroxyl groups is 1. The number of benzene rings is 2. The number of halogens is 3. The zero-order chi connectivity index (χ0) is 17.6. The molecule has 1 unspecified atom stereocenters. The van der Waals surface area contributed by atoms with E-state index in [1.165, 1.54) is 12.1 Å². The molecule has 0 aliphatic heterocycles. The fourth-order valence-electron chi connectivity index (χ4n) is 2.76. The summed E-state index contributed by atoms with van der Waals surface area (Å²) in [6.07, 6.45) is -3.19. The molecule has 0 aromatic heterocycles. The minimum atomic E-state index is -4.33. The molecule has 2 rings (SSSR count). The highest BCUT2D eigenvalue weighted by atomic mass is 19.4. The third-order valence-corrected chi connectivity index (χ3v) is 3.86. The van der Waals surface area contributed by atoms with Crippen molar-refractivity contribution in [3.63, 3.8) is 0 Å². The Balaban J connectivity index is 1.95. The Labute approximate surface area is 140 Å². The van der Waals surface area contributed by atoms with Crippen LogP contribution in [-0.4, -0.2) is 23.8 Å². The summed E-state index contributed by atoms with van der Waals surface area (Å²) in [4.78, 5) is 0. The Bertz CT molecular complexity index is 628. The van der Waals surface area contributed by atoms with Gasteiger partial charge in [-0.3, -0.25) is 0 Å². The maximum atomic E-state index is 12.8. The maximum Gasteiger partial charge on any atom is 0.416 e. The third kappa shape index (κ3) is 5.65. The third-order valence-electron chi connectivity index (χ3n) is 3.86. The highest BCUT2D eigenvalue weighted by molar-refractivity contribution is 5.26. The van der Waals surface area contributed by atoms with Gasteiger partial charge in [0.2, 0.25) is 0 Å². The highest BCUT2D eigenvalue weighted by Crippen LogP contribution is 2.29. The molecule has 0 saturated carbocycles. The van der Waals surface area contributed by atoms with Gasteiger partial charge in [-0.25, -0.2) is 0 Å². The Morgan fingerprint density at radius 1 is 0.958 bits per heavy atom. The van der Waals surface area contributed by atoms with Gasteiger partial charge in [0.1, 0.15) is 0 Å². The van der Waals surface area contributed by atoms with Crippen LogP contribution in [0.25, 0.3) is 0 Å². The molecular formula is C19H22F3NO. The molecule has 24 heavy (non-hydrogen) atoms. The number of alkyl halides is 3. The molecular weight excluding hydrogens is 315 g/mol. The van der Waals surface area contributed by atoms with E-state index in [1.54, 1.807) is 6.07 Å². The first-order valence-electron chi connectivity index (χ1n) is 7.95. The van der Waals surface area contributed by atoms with Crippen molar-refractivity contribution in [3.8, 4) is 0 Å². The van der Waals surface area contributed by atoms with E-state index in [1.807, 2.05) is 37.3 Å². The van der Waals surface area contributed by atoms with Gasteiger partial charge in [0.15, 0.2) is 0 Å². The lowest BCUT2D eigenvalue weighted by molar-refractivity contribution is -0.137. The lowest BCUT2D eigenvalue weighted by Crippen LogP contribution is -2.41. The first-order valence-corrected chi connectivity index (χ1v) is 7.95. The fraction of sp³-hybridized carbons (Fsp3) is 0.368.